The van der Waals surface area contributed by atoms with Crippen LogP contribution in [0.4, 0.5) is 5.82 Å². The van der Waals surface area contributed by atoms with Crippen molar-refractivity contribution in [2.24, 2.45) is 5.92 Å². The van der Waals surface area contributed by atoms with E-state index < -0.39 is 0 Å². The maximum atomic E-state index is 4.73. The Bertz CT molecular complexity index is 377. The summed E-state index contributed by atoms with van der Waals surface area (Å²) >= 11 is 0. The van der Waals surface area contributed by atoms with Crippen molar-refractivity contribution in [3.05, 3.63) is 23.9 Å². The average Bonchev–Trinajstić information content (AvgIpc) is 2.90. The Morgan fingerprint density at radius 3 is 3.25 bits per heavy atom. The van der Waals surface area contributed by atoms with E-state index in [1.165, 1.54) is 31.0 Å². The number of pyridine rings is 1. The summed E-state index contributed by atoms with van der Waals surface area (Å²) in [5.41, 5.74) is 1.20. The van der Waals surface area contributed by atoms with Gasteiger partial charge in [0.25, 0.3) is 0 Å². The van der Waals surface area contributed by atoms with Gasteiger partial charge >= 0.3 is 0 Å². The molecule has 2 saturated heterocycles. The van der Waals surface area contributed by atoms with Gasteiger partial charge in [-0.05, 0) is 30.9 Å². The highest BCUT2D eigenvalue weighted by molar-refractivity contribution is 5.43. The van der Waals surface area contributed by atoms with Crippen molar-refractivity contribution >= 4 is 5.82 Å². The highest BCUT2D eigenvalue weighted by Gasteiger charge is 2.37. The lowest BCUT2D eigenvalue weighted by Crippen LogP contribution is -2.34. The molecule has 0 saturated carbocycles. The summed E-state index contributed by atoms with van der Waals surface area (Å²) in [6.07, 6.45) is 2.34. The van der Waals surface area contributed by atoms with E-state index in [0.29, 0.717) is 6.04 Å². The van der Waals surface area contributed by atoms with Crippen LogP contribution in [0.3, 0.4) is 0 Å². The molecule has 0 radical (unpaired) electrons. The van der Waals surface area contributed by atoms with Gasteiger partial charge in [-0.3, -0.25) is 0 Å². The monoisotopic (exact) mass is 217 g/mol. The van der Waals surface area contributed by atoms with Crippen molar-refractivity contribution in [3.63, 3.8) is 0 Å². The van der Waals surface area contributed by atoms with Crippen LogP contribution in [0.2, 0.25) is 0 Å². The standard InChI is InChI=1S/C13H19N3/c1-2-11-4-3-5-13(15-11)16-7-6-10-8-14-9-12(10)16/h3-5,10,12,14H,2,6-9H2,1H3/t10-,12+/m1/s1. The van der Waals surface area contributed by atoms with Crippen molar-refractivity contribution < 1.29 is 0 Å². The van der Waals surface area contributed by atoms with Crippen LogP contribution in [-0.2, 0) is 6.42 Å². The first kappa shape index (κ1) is 10.1. The van der Waals surface area contributed by atoms with E-state index in [9.17, 15) is 0 Å². The quantitative estimate of drug-likeness (QED) is 0.812. The van der Waals surface area contributed by atoms with Crippen molar-refractivity contribution in [3.8, 4) is 0 Å². The Balaban J connectivity index is 1.86. The molecule has 3 rings (SSSR count). The number of hydrogen-bond donors (Lipinski definition) is 1. The lowest BCUT2D eigenvalue weighted by atomic mass is 10.1. The summed E-state index contributed by atoms with van der Waals surface area (Å²) in [5, 5.41) is 3.48. The normalized spacial score (nSPS) is 28.4. The van der Waals surface area contributed by atoms with E-state index >= 15 is 0 Å². The summed E-state index contributed by atoms with van der Waals surface area (Å²) in [7, 11) is 0. The summed E-state index contributed by atoms with van der Waals surface area (Å²) < 4.78 is 0. The molecule has 2 fully saturated rings. The third-order valence-corrected chi connectivity index (χ3v) is 3.89. The fourth-order valence-electron chi connectivity index (χ4n) is 2.96. The van der Waals surface area contributed by atoms with Crippen LogP contribution in [0, 0.1) is 5.92 Å². The van der Waals surface area contributed by atoms with Crippen LogP contribution in [0.5, 0.6) is 0 Å². The number of anilines is 1. The van der Waals surface area contributed by atoms with Crippen LogP contribution in [0.15, 0.2) is 18.2 Å². The molecule has 1 aromatic rings. The largest absolute Gasteiger partial charge is 0.352 e. The van der Waals surface area contributed by atoms with Crippen LogP contribution in [0.25, 0.3) is 0 Å². The van der Waals surface area contributed by atoms with Gasteiger partial charge in [0.15, 0.2) is 0 Å². The van der Waals surface area contributed by atoms with Crippen LogP contribution in [-0.4, -0.2) is 30.7 Å². The number of rotatable bonds is 2. The number of hydrogen-bond acceptors (Lipinski definition) is 3. The number of aromatic nitrogens is 1. The van der Waals surface area contributed by atoms with E-state index in [4.69, 9.17) is 4.98 Å². The van der Waals surface area contributed by atoms with Gasteiger partial charge in [0, 0.05) is 31.4 Å². The Hall–Kier alpha value is -1.09. The SMILES string of the molecule is CCc1cccc(N2CC[C@@H]3CNC[C@@H]32)n1. The van der Waals surface area contributed by atoms with Crippen molar-refractivity contribution in [1.82, 2.24) is 10.3 Å². The first-order chi connectivity index (χ1) is 7.88. The predicted molar refractivity (Wildman–Crippen MR) is 65.7 cm³/mol. The van der Waals surface area contributed by atoms with Gasteiger partial charge in [0.05, 0.1) is 0 Å². The van der Waals surface area contributed by atoms with Gasteiger partial charge in [-0.2, -0.15) is 0 Å². The minimum absolute atomic E-state index is 0.680. The zero-order chi connectivity index (χ0) is 11.0. The molecule has 3 nitrogen and oxygen atoms in total. The number of nitrogens with zero attached hydrogens (tertiary/aromatic N) is 2. The minimum atomic E-state index is 0.680. The highest BCUT2D eigenvalue weighted by Crippen LogP contribution is 2.30. The van der Waals surface area contributed by atoms with E-state index in [-0.39, 0.29) is 0 Å². The predicted octanol–water partition coefficient (Wildman–Crippen LogP) is 1.44. The molecule has 2 atom stereocenters. The molecule has 1 aromatic heterocycles. The van der Waals surface area contributed by atoms with E-state index in [2.05, 4.69) is 35.3 Å². The first-order valence-corrected chi connectivity index (χ1v) is 6.32. The zero-order valence-corrected chi connectivity index (χ0v) is 9.82. The van der Waals surface area contributed by atoms with E-state index in [1.807, 2.05) is 0 Å². The fraction of sp³-hybridized carbons (Fsp3) is 0.615. The molecular formula is C13H19N3. The Labute approximate surface area is 96.9 Å². The van der Waals surface area contributed by atoms with Crippen molar-refractivity contribution in [1.29, 1.82) is 0 Å². The first-order valence-electron chi connectivity index (χ1n) is 6.32. The summed E-state index contributed by atoms with van der Waals surface area (Å²) in [6.45, 7) is 5.66. The molecule has 3 heteroatoms. The van der Waals surface area contributed by atoms with Gasteiger partial charge < -0.3 is 10.2 Å². The molecule has 2 aliphatic heterocycles. The van der Waals surface area contributed by atoms with Gasteiger partial charge in [-0.25, -0.2) is 4.98 Å². The number of aryl methyl sites for hydroxylation is 1. The molecule has 0 spiro atoms. The molecule has 0 unspecified atom stereocenters. The topological polar surface area (TPSA) is 28.2 Å². The maximum Gasteiger partial charge on any atom is 0.129 e. The number of fused-ring (bicyclic) bond motifs is 1. The molecule has 0 aromatic carbocycles. The molecular weight excluding hydrogens is 198 g/mol. The zero-order valence-electron chi connectivity index (χ0n) is 9.82. The molecule has 0 aliphatic carbocycles. The second-order valence-corrected chi connectivity index (χ2v) is 4.81. The van der Waals surface area contributed by atoms with Crippen molar-refractivity contribution in [2.75, 3.05) is 24.5 Å². The Morgan fingerprint density at radius 1 is 1.44 bits per heavy atom. The van der Waals surface area contributed by atoms with Crippen LogP contribution in [0.1, 0.15) is 19.0 Å². The van der Waals surface area contributed by atoms with Crippen LogP contribution < -0.4 is 10.2 Å². The van der Waals surface area contributed by atoms with Gasteiger partial charge in [0.2, 0.25) is 0 Å². The molecule has 3 heterocycles. The third kappa shape index (κ3) is 1.59. The lowest BCUT2D eigenvalue weighted by Gasteiger charge is -2.24. The smallest absolute Gasteiger partial charge is 0.129 e. The third-order valence-electron chi connectivity index (χ3n) is 3.89. The minimum Gasteiger partial charge on any atom is -0.352 e. The summed E-state index contributed by atoms with van der Waals surface area (Å²) in [6, 6.07) is 7.08. The molecule has 2 aliphatic rings. The second-order valence-electron chi connectivity index (χ2n) is 4.81. The second kappa shape index (κ2) is 4.06. The number of nitrogens with one attached hydrogen (secondary N) is 1. The van der Waals surface area contributed by atoms with Gasteiger partial charge in [-0.1, -0.05) is 13.0 Å². The molecule has 1 N–H and O–H groups in total. The molecule has 0 amide bonds. The average molecular weight is 217 g/mol. The maximum absolute atomic E-state index is 4.73. The van der Waals surface area contributed by atoms with Crippen molar-refractivity contribution in [2.45, 2.75) is 25.8 Å². The molecule has 86 valence electrons. The highest BCUT2D eigenvalue weighted by atomic mass is 15.3. The fourth-order valence-corrected chi connectivity index (χ4v) is 2.96. The van der Waals surface area contributed by atoms with Gasteiger partial charge in [0.1, 0.15) is 5.82 Å². The molecule has 16 heavy (non-hydrogen) atoms. The molecule has 0 bridgehead atoms. The van der Waals surface area contributed by atoms with E-state index in [0.717, 1.165) is 18.9 Å². The van der Waals surface area contributed by atoms with Crippen LogP contribution >= 0.6 is 0 Å². The van der Waals surface area contributed by atoms with Gasteiger partial charge in [-0.15, -0.1) is 0 Å². The summed E-state index contributed by atoms with van der Waals surface area (Å²) in [4.78, 5) is 7.22. The Kier molecular flexibility index (Phi) is 2.56. The Morgan fingerprint density at radius 2 is 2.38 bits per heavy atom. The lowest BCUT2D eigenvalue weighted by molar-refractivity contribution is 0.577. The summed E-state index contributed by atoms with van der Waals surface area (Å²) in [5.74, 6) is 2.02. The van der Waals surface area contributed by atoms with E-state index in [1.54, 1.807) is 0 Å².